The average molecular weight is 226 g/mol. The lowest BCUT2D eigenvalue weighted by Gasteiger charge is -2.25. The Kier molecular flexibility index (Phi) is 4.59. The van der Waals surface area contributed by atoms with E-state index in [0.29, 0.717) is 12.8 Å². The predicted octanol–water partition coefficient (Wildman–Crippen LogP) is 1.65. The summed E-state index contributed by atoms with van der Waals surface area (Å²) >= 11 is 0. The molecule has 6 N–H and O–H groups in total. The molecule has 0 aliphatic heterocycles. The van der Waals surface area contributed by atoms with Gasteiger partial charge in [0.15, 0.2) is 0 Å². The first-order valence-corrected chi connectivity index (χ1v) is 5.35. The minimum atomic E-state index is -0.800. The van der Waals surface area contributed by atoms with Gasteiger partial charge in [0.1, 0.15) is 22.7 Å². The van der Waals surface area contributed by atoms with Crippen LogP contribution in [0.5, 0.6) is 0 Å². The average Bonchev–Trinajstić information content (AvgIpc) is 2.24. The standard InChI is InChI=1S/C10H22N6/c1-5-9(3,7(11)12)15-16-10(4,6-2)8(13)14/h5-6H2,1-4H3,(H3,11,12)(H3,13,14)/b16-15+. The van der Waals surface area contributed by atoms with Crippen molar-refractivity contribution >= 4 is 11.7 Å². The van der Waals surface area contributed by atoms with E-state index >= 15 is 0 Å². The van der Waals surface area contributed by atoms with Crippen LogP contribution >= 0.6 is 0 Å². The monoisotopic (exact) mass is 226 g/mol. The molecule has 6 nitrogen and oxygen atoms in total. The summed E-state index contributed by atoms with van der Waals surface area (Å²) in [4.78, 5) is 0. The summed E-state index contributed by atoms with van der Waals surface area (Å²) in [5.74, 6) is -0.0542. The highest BCUT2D eigenvalue weighted by molar-refractivity contribution is 5.88. The van der Waals surface area contributed by atoms with Crippen molar-refractivity contribution in [2.45, 2.75) is 51.6 Å². The van der Waals surface area contributed by atoms with Crippen LogP contribution in [0.3, 0.4) is 0 Å². The molecule has 0 aromatic heterocycles. The fourth-order valence-electron chi connectivity index (χ4n) is 0.851. The van der Waals surface area contributed by atoms with Crippen molar-refractivity contribution < 1.29 is 0 Å². The van der Waals surface area contributed by atoms with Gasteiger partial charge in [0.05, 0.1) is 0 Å². The van der Waals surface area contributed by atoms with E-state index in [2.05, 4.69) is 10.2 Å². The number of nitrogens with zero attached hydrogens (tertiary/aromatic N) is 2. The molecule has 0 aromatic rings. The third kappa shape index (κ3) is 3.01. The summed E-state index contributed by atoms with van der Waals surface area (Å²) in [7, 11) is 0. The van der Waals surface area contributed by atoms with E-state index in [0.717, 1.165) is 0 Å². The Labute approximate surface area is 96.5 Å². The maximum atomic E-state index is 7.46. The smallest absolute Gasteiger partial charge is 0.135 e. The zero-order valence-electron chi connectivity index (χ0n) is 10.5. The third-order valence-corrected chi connectivity index (χ3v) is 3.03. The van der Waals surface area contributed by atoms with Crippen LogP contribution < -0.4 is 11.5 Å². The number of nitrogens with two attached hydrogens (primary N) is 2. The molecule has 0 saturated carbocycles. The highest BCUT2D eigenvalue weighted by atomic mass is 15.2. The lowest BCUT2D eigenvalue weighted by molar-refractivity contribution is 0.488. The van der Waals surface area contributed by atoms with Crippen molar-refractivity contribution in [1.29, 1.82) is 10.8 Å². The molecular formula is C10H22N6. The second-order valence-corrected chi connectivity index (χ2v) is 4.28. The van der Waals surface area contributed by atoms with Gasteiger partial charge in [-0.2, -0.15) is 10.2 Å². The van der Waals surface area contributed by atoms with Gasteiger partial charge in [0.2, 0.25) is 0 Å². The van der Waals surface area contributed by atoms with Crippen LogP contribution in [0.15, 0.2) is 10.2 Å². The lowest BCUT2D eigenvalue weighted by atomic mass is 9.97. The van der Waals surface area contributed by atoms with Gasteiger partial charge in [0, 0.05) is 0 Å². The molecule has 6 heteroatoms. The number of hydrogen-bond donors (Lipinski definition) is 4. The Morgan fingerprint density at radius 3 is 1.31 bits per heavy atom. The molecule has 0 aliphatic rings. The quantitative estimate of drug-likeness (QED) is 0.312. The maximum Gasteiger partial charge on any atom is 0.135 e. The van der Waals surface area contributed by atoms with E-state index in [1.54, 1.807) is 13.8 Å². The topological polar surface area (TPSA) is 124 Å². The van der Waals surface area contributed by atoms with Crippen molar-refractivity contribution in [2.24, 2.45) is 21.7 Å². The van der Waals surface area contributed by atoms with Crippen LogP contribution in [0.4, 0.5) is 0 Å². The minimum Gasteiger partial charge on any atom is -0.386 e. The first kappa shape index (κ1) is 14.5. The maximum absolute atomic E-state index is 7.46. The minimum absolute atomic E-state index is 0.0271. The SMILES string of the molecule is CCC(C)(/N=N/C(C)(CC)C(=N)N)C(=N)N. The number of amidine groups is 2. The molecule has 0 radical (unpaired) electrons. The molecule has 0 spiro atoms. The second-order valence-electron chi connectivity index (χ2n) is 4.28. The summed E-state index contributed by atoms with van der Waals surface area (Å²) in [5, 5.41) is 23.1. The lowest BCUT2D eigenvalue weighted by Crippen LogP contribution is -2.41. The summed E-state index contributed by atoms with van der Waals surface area (Å²) in [6.07, 6.45) is 1.17. The molecule has 0 saturated heterocycles. The van der Waals surface area contributed by atoms with Gasteiger partial charge in [-0.3, -0.25) is 10.8 Å². The first-order valence-electron chi connectivity index (χ1n) is 5.35. The van der Waals surface area contributed by atoms with Crippen LogP contribution in [0.25, 0.3) is 0 Å². The van der Waals surface area contributed by atoms with Crippen molar-refractivity contribution in [1.82, 2.24) is 0 Å². The zero-order chi connectivity index (χ0) is 13.0. The van der Waals surface area contributed by atoms with Crippen molar-refractivity contribution in [3.05, 3.63) is 0 Å². The number of rotatable bonds is 6. The van der Waals surface area contributed by atoms with E-state index in [9.17, 15) is 0 Å². The molecular weight excluding hydrogens is 204 g/mol. The van der Waals surface area contributed by atoms with Gasteiger partial charge in [-0.1, -0.05) is 13.8 Å². The molecule has 92 valence electrons. The molecule has 2 atom stereocenters. The molecule has 0 bridgehead atoms. The van der Waals surface area contributed by atoms with Gasteiger partial charge in [-0.05, 0) is 26.7 Å². The largest absolute Gasteiger partial charge is 0.386 e. The number of azo groups is 1. The Balaban J connectivity index is 5.07. The van der Waals surface area contributed by atoms with E-state index in [1.807, 2.05) is 13.8 Å². The third-order valence-electron chi connectivity index (χ3n) is 3.03. The van der Waals surface area contributed by atoms with Gasteiger partial charge in [0.25, 0.3) is 0 Å². The van der Waals surface area contributed by atoms with Gasteiger partial charge < -0.3 is 11.5 Å². The summed E-state index contributed by atoms with van der Waals surface area (Å²) < 4.78 is 0. The van der Waals surface area contributed by atoms with Crippen LogP contribution in [0.1, 0.15) is 40.5 Å². The highest BCUT2D eigenvalue weighted by Crippen LogP contribution is 2.21. The van der Waals surface area contributed by atoms with Crippen molar-refractivity contribution in [3.8, 4) is 0 Å². The van der Waals surface area contributed by atoms with Gasteiger partial charge in [-0.15, -0.1) is 0 Å². The molecule has 0 amide bonds. The number of hydrogen-bond acceptors (Lipinski definition) is 4. The fraction of sp³-hybridized carbons (Fsp3) is 0.800. The molecule has 0 fully saturated rings. The summed E-state index contributed by atoms with van der Waals surface area (Å²) in [5.41, 5.74) is 9.35. The predicted molar refractivity (Wildman–Crippen MR) is 66.1 cm³/mol. The molecule has 2 unspecified atom stereocenters. The Hall–Kier alpha value is -1.46. The summed E-state index contributed by atoms with van der Waals surface area (Å²) in [6, 6.07) is 0. The van der Waals surface area contributed by atoms with Crippen LogP contribution in [0, 0.1) is 10.8 Å². The highest BCUT2D eigenvalue weighted by Gasteiger charge is 2.30. The summed E-state index contributed by atoms with van der Waals surface area (Å²) in [6.45, 7) is 7.26. The second kappa shape index (κ2) is 5.05. The molecule has 0 aliphatic carbocycles. The van der Waals surface area contributed by atoms with E-state index < -0.39 is 11.1 Å². The normalized spacial score (nSPS) is 19.0. The Morgan fingerprint density at radius 1 is 0.938 bits per heavy atom. The number of nitrogens with one attached hydrogen (secondary N) is 2. The van der Waals surface area contributed by atoms with E-state index in [-0.39, 0.29) is 11.7 Å². The van der Waals surface area contributed by atoms with Crippen molar-refractivity contribution in [3.63, 3.8) is 0 Å². The fourth-order valence-corrected chi connectivity index (χ4v) is 0.851. The van der Waals surface area contributed by atoms with Crippen LogP contribution in [0.2, 0.25) is 0 Å². The molecule has 0 aromatic carbocycles. The Morgan fingerprint density at radius 2 is 1.19 bits per heavy atom. The Bertz CT molecular complexity index is 280. The first-order chi connectivity index (χ1) is 7.22. The van der Waals surface area contributed by atoms with Gasteiger partial charge in [-0.25, -0.2) is 0 Å². The van der Waals surface area contributed by atoms with Crippen LogP contribution in [-0.4, -0.2) is 22.7 Å². The molecule has 0 rings (SSSR count). The van der Waals surface area contributed by atoms with Crippen LogP contribution in [-0.2, 0) is 0 Å². The molecule has 0 heterocycles. The van der Waals surface area contributed by atoms with Gasteiger partial charge >= 0.3 is 0 Å². The van der Waals surface area contributed by atoms with E-state index in [4.69, 9.17) is 22.3 Å². The molecule has 16 heavy (non-hydrogen) atoms. The zero-order valence-corrected chi connectivity index (χ0v) is 10.5. The van der Waals surface area contributed by atoms with E-state index in [1.165, 1.54) is 0 Å². The van der Waals surface area contributed by atoms with Crippen molar-refractivity contribution in [2.75, 3.05) is 0 Å².